The normalized spacial score (nSPS) is 21.7. The van der Waals surface area contributed by atoms with Crippen LogP contribution in [0.15, 0.2) is 18.2 Å². The molecule has 3 amide bonds. The number of rotatable bonds is 6. The molecule has 144 valence electrons. The maximum atomic E-state index is 12.4. The van der Waals surface area contributed by atoms with E-state index in [2.05, 4.69) is 32.2 Å². The third kappa shape index (κ3) is 4.18. The maximum absolute atomic E-state index is 12.4. The van der Waals surface area contributed by atoms with Crippen molar-refractivity contribution in [2.75, 3.05) is 13.2 Å². The second kappa shape index (κ2) is 7.27. The van der Waals surface area contributed by atoms with E-state index in [1.54, 1.807) is 6.92 Å². The summed E-state index contributed by atoms with van der Waals surface area (Å²) in [7, 11) is 0. The lowest BCUT2D eigenvalue weighted by Crippen LogP contribution is -2.44. The minimum absolute atomic E-state index is 0.00953. The molecule has 2 atom stereocenters. The molecule has 0 saturated carbocycles. The molecule has 1 aromatic carbocycles. The van der Waals surface area contributed by atoms with Gasteiger partial charge in [-0.05, 0) is 42.9 Å². The van der Waals surface area contributed by atoms with Crippen LogP contribution in [0.4, 0.5) is 4.79 Å². The molecule has 0 unspecified atom stereocenters. The highest BCUT2D eigenvalue weighted by Crippen LogP contribution is 2.27. The van der Waals surface area contributed by atoms with E-state index in [4.69, 9.17) is 4.74 Å². The minimum Gasteiger partial charge on any atom is -0.491 e. The van der Waals surface area contributed by atoms with Gasteiger partial charge >= 0.3 is 6.03 Å². The number of carbonyl (C=O) groups excluding carboxylic acids is 2. The van der Waals surface area contributed by atoms with E-state index in [-0.39, 0.29) is 24.5 Å². The molecule has 0 bridgehead atoms. The van der Waals surface area contributed by atoms with Crippen LogP contribution >= 0.6 is 0 Å². The summed E-state index contributed by atoms with van der Waals surface area (Å²) in [4.78, 5) is 25.4. The van der Waals surface area contributed by atoms with Gasteiger partial charge in [0.05, 0.1) is 6.54 Å². The van der Waals surface area contributed by atoms with Gasteiger partial charge in [-0.1, -0.05) is 39.8 Å². The summed E-state index contributed by atoms with van der Waals surface area (Å²) in [6, 6.07) is 5.51. The van der Waals surface area contributed by atoms with Gasteiger partial charge in [-0.2, -0.15) is 0 Å². The third-order valence-corrected chi connectivity index (χ3v) is 4.92. The number of nitrogens with zero attached hydrogens (tertiary/aromatic N) is 1. The van der Waals surface area contributed by atoms with E-state index in [1.165, 1.54) is 5.56 Å². The summed E-state index contributed by atoms with van der Waals surface area (Å²) in [5.74, 6) is 0.377. The van der Waals surface area contributed by atoms with E-state index in [9.17, 15) is 14.7 Å². The van der Waals surface area contributed by atoms with Gasteiger partial charge in [0.15, 0.2) is 0 Å². The average Bonchev–Trinajstić information content (AvgIpc) is 2.76. The highest BCUT2D eigenvalue weighted by Gasteiger charge is 2.46. The summed E-state index contributed by atoms with van der Waals surface area (Å²) in [6.45, 7) is 11.9. The molecule has 1 saturated heterocycles. The fourth-order valence-corrected chi connectivity index (χ4v) is 2.88. The smallest absolute Gasteiger partial charge is 0.325 e. The Morgan fingerprint density at radius 2 is 1.96 bits per heavy atom. The summed E-state index contributed by atoms with van der Waals surface area (Å²) in [6.07, 6.45) is -0.453. The largest absolute Gasteiger partial charge is 0.491 e. The maximum Gasteiger partial charge on any atom is 0.325 e. The molecular formula is C20H30N2O4. The molecule has 6 heteroatoms. The number of carbonyl (C=O) groups is 2. The molecule has 1 aromatic rings. The van der Waals surface area contributed by atoms with E-state index >= 15 is 0 Å². The number of β-amino-alcohol motifs (C(OH)–C–C–N with tert-alkyl or cyclic N) is 1. The predicted molar refractivity (Wildman–Crippen MR) is 100 cm³/mol. The van der Waals surface area contributed by atoms with Gasteiger partial charge in [0.1, 0.15) is 24.0 Å². The van der Waals surface area contributed by atoms with Crippen molar-refractivity contribution in [3.05, 3.63) is 29.3 Å². The first-order valence-corrected chi connectivity index (χ1v) is 9.04. The van der Waals surface area contributed by atoms with Crippen molar-refractivity contribution in [1.29, 1.82) is 0 Å². The lowest BCUT2D eigenvalue weighted by molar-refractivity contribution is -0.132. The molecule has 1 aliphatic heterocycles. The molecule has 0 aromatic heterocycles. The van der Waals surface area contributed by atoms with Gasteiger partial charge in [-0.15, -0.1) is 0 Å². The van der Waals surface area contributed by atoms with E-state index in [1.807, 2.05) is 26.0 Å². The van der Waals surface area contributed by atoms with Gasteiger partial charge in [-0.25, -0.2) is 4.79 Å². The van der Waals surface area contributed by atoms with E-state index in [0.717, 1.165) is 10.5 Å². The predicted octanol–water partition coefficient (Wildman–Crippen LogP) is 2.75. The van der Waals surface area contributed by atoms with Crippen LogP contribution in [-0.2, 0) is 10.2 Å². The summed E-state index contributed by atoms with van der Waals surface area (Å²) in [5, 5.41) is 12.9. The first kappa shape index (κ1) is 20.2. The summed E-state index contributed by atoms with van der Waals surface area (Å²) >= 11 is 0. The lowest BCUT2D eigenvalue weighted by Gasteiger charge is -2.22. The number of amides is 3. The Hall–Kier alpha value is -2.08. The Labute approximate surface area is 155 Å². The number of aryl methyl sites for hydroxylation is 1. The number of benzene rings is 1. The Morgan fingerprint density at radius 3 is 2.46 bits per heavy atom. The Balaban J connectivity index is 1.96. The first-order chi connectivity index (χ1) is 12.0. The van der Waals surface area contributed by atoms with Crippen LogP contribution in [0.1, 0.15) is 52.2 Å². The summed E-state index contributed by atoms with van der Waals surface area (Å²) in [5.41, 5.74) is 1.36. The van der Waals surface area contributed by atoms with E-state index < -0.39 is 17.7 Å². The zero-order chi connectivity index (χ0) is 19.7. The highest BCUT2D eigenvalue weighted by atomic mass is 16.5. The number of hydrogen-bond donors (Lipinski definition) is 2. The van der Waals surface area contributed by atoms with Crippen molar-refractivity contribution in [3.8, 4) is 5.75 Å². The molecule has 0 spiro atoms. The standard InChI is InChI=1S/C20H30N2O4/c1-7-20(6)17(24)22(18(25)21-20)11-15(23)12-26-16-9-8-14(10-13(16)2)19(3,4)5/h8-10,15,23H,7,11-12H2,1-6H3,(H,21,25)/t15-,20+/m1/s1. The van der Waals surface area contributed by atoms with Gasteiger partial charge in [-0.3, -0.25) is 9.69 Å². The molecule has 1 heterocycles. The topological polar surface area (TPSA) is 78.9 Å². The van der Waals surface area contributed by atoms with Crippen LogP contribution in [0, 0.1) is 6.92 Å². The van der Waals surface area contributed by atoms with Gasteiger partial charge < -0.3 is 15.2 Å². The monoisotopic (exact) mass is 362 g/mol. The number of ether oxygens (including phenoxy) is 1. The van der Waals surface area contributed by atoms with Crippen molar-refractivity contribution >= 4 is 11.9 Å². The van der Waals surface area contributed by atoms with Gasteiger partial charge in [0, 0.05) is 0 Å². The fourth-order valence-electron chi connectivity index (χ4n) is 2.88. The molecule has 2 rings (SSSR count). The Kier molecular flexibility index (Phi) is 5.66. The Bertz CT molecular complexity index is 696. The second-order valence-corrected chi connectivity index (χ2v) is 8.23. The lowest BCUT2D eigenvalue weighted by atomic mass is 9.86. The molecule has 6 nitrogen and oxygen atoms in total. The van der Waals surface area contributed by atoms with Crippen molar-refractivity contribution in [2.24, 2.45) is 0 Å². The summed E-state index contributed by atoms with van der Waals surface area (Å²) < 4.78 is 5.71. The molecule has 0 aliphatic carbocycles. The molecule has 1 aliphatic rings. The van der Waals surface area contributed by atoms with Crippen LogP contribution in [0.5, 0.6) is 5.75 Å². The van der Waals surface area contributed by atoms with Crippen molar-refractivity contribution in [2.45, 2.75) is 65.0 Å². The molecule has 0 radical (unpaired) electrons. The van der Waals surface area contributed by atoms with Crippen molar-refractivity contribution < 1.29 is 19.4 Å². The zero-order valence-corrected chi connectivity index (χ0v) is 16.5. The zero-order valence-electron chi connectivity index (χ0n) is 16.5. The SMILES string of the molecule is CC[C@]1(C)NC(=O)N(C[C@@H](O)COc2ccc(C(C)(C)C)cc2C)C1=O. The van der Waals surface area contributed by atoms with Crippen molar-refractivity contribution in [1.82, 2.24) is 10.2 Å². The van der Waals surface area contributed by atoms with Crippen molar-refractivity contribution in [3.63, 3.8) is 0 Å². The van der Waals surface area contributed by atoms with Gasteiger partial charge in [0.25, 0.3) is 5.91 Å². The van der Waals surface area contributed by atoms with Crippen LogP contribution in [0.3, 0.4) is 0 Å². The number of aliphatic hydroxyl groups is 1. The van der Waals surface area contributed by atoms with Crippen LogP contribution < -0.4 is 10.1 Å². The number of urea groups is 1. The number of hydrogen-bond acceptors (Lipinski definition) is 4. The molecule has 1 fully saturated rings. The van der Waals surface area contributed by atoms with Crippen LogP contribution in [-0.4, -0.2) is 46.7 Å². The van der Waals surface area contributed by atoms with E-state index in [0.29, 0.717) is 12.2 Å². The second-order valence-electron chi connectivity index (χ2n) is 8.23. The number of nitrogens with one attached hydrogen (secondary N) is 1. The van der Waals surface area contributed by atoms with Crippen LogP contribution in [0.25, 0.3) is 0 Å². The minimum atomic E-state index is -0.953. The van der Waals surface area contributed by atoms with Crippen LogP contribution in [0.2, 0.25) is 0 Å². The molecular weight excluding hydrogens is 332 g/mol. The van der Waals surface area contributed by atoms with Gasteiger partial charge in [0.2, 0.25) is 0 Å². The highest BCUT2D eigenvalue weighted by molar-refractivity contribution is 6.06. The Morgan fingerprint density at radius 1 is 1.31 bits per heavy atom. The number of imide groups is 1. The average molecular weight is 362 g/mol. The third-order valence-electron chi connectivity index (χ3n) is 4.92. The molecule has 2 N–H and O–H groups in total. The number of aliphatic hydroxyl groups excluding tert-OH is 1. The fraction of sp³-hybridized carbons (Fsp3) is 0.600. The molecule has 26 heavy (non-hydrogen) atoms. The first-order valence-electron chi connectivity index (χ1n) is 9.04. The quantitative estimate of drug-likeness (QED) is 0.763.